The lowest BCUT2D eigenvalue weighted by Crippen LogP contribution is -2.46. The van der Waals surface area contributed by atoms with Crippen LogP contribution in [0.4, 0.5) is 4.39 Å². The first kappa shape index (κ1) is 21.3. The Labute approximate surface area is 196 Å². The van der Waals surface area contributed by atoms with E-state index in [1.54, 1.807) is 6.07 Å². The molecule has 5 rings (SSSR count). The molecule has 0 spiro atoms. The molecule has 164 valence electrons. The lowest BCUT2D eigenvalue weighted by atomic mass is 9.94. The monoisotopic (exact) mass is 466 g/mol. The van der Waals surface area contributed by atoms with Gasteiger partial charge in [-0.15, -0.1) is 11.3 Å². The quantitative estimate of drug-likeness (QED) is 0.395. The first-order valence-electron chi connectivity index (χ1n) is 10.7. The molecule has 1 aliphatic rings. The normalized spacial score (nSPS) is 16.3. The molecule has 0 radical (unpaired) electrons. The summed E-state index contributed by atoms with van der Waals surface area (Å²) in [4.78, 5) is 5.89. The number of aromatic nitrogens is 2. The van der Waals surface area contributed by atoms with Crippen LogP contribution in [0.3, 0.4) is 0 Å². The van der Waals surface area contributed by atoms with Gasteiger partial charge in [-0.3, -0.25) is 10.00 Å². The molecule has 2 aromatic carbocycles. The van der Waals surface area contributed by atoms with E-state index in [4.69, 9.17) is 11.6 Å². The second-order valence-electron chi connectivity index (χ2n) is 8.19. The number of rotatable bonds is 5. The third-order valence-corrected chi connectivity index (χ3v) is 7.38. The molecular formula is C25H24ClFN4S. The van der Waals surface area contributed by atoms with Gasteiger partial charge in [0.25, 0.3) is 0 Å². The number of piperazine rings is 1. The van der Waals surface area contributed by atoms with Crippen molar-refractivity contribution < 1.29 is 4.39 Å². The number of likely N-dealkylation sites (N-methyl/N-ethyl adjacent to an activating group) is 1. The van der Waals surface area contributed by atoms with Gasteiger partial charge in [0, 0.05) is 48.4 Å². The molecule has 2 aromatic heterocycles. The molecule has 0 amide bonds. The van der Waals surface area contributed by atoms with E-state index in [1.807, 2.05) is 60.9 Å². The van der Waals surface area contributed by atoms with Gasteiger partial charge in [-0.2, -0.15) is 5.10 Å². The van der Waals surface area contributed by atoms with Gasteiger partial charge in [0.05, 0.1) is 16.6 Å². The Hall–Kier alpha value is -2.51. The molecule has 1 N–H and O–H groups in total. The molecule has 32 heavy (non-hydrogen) atoms. The summed E-state index contributed by atoms with van der Waals surface area (Å²) in [6, 6.07) is 17.4. The van der Waals surface area contributed by atoms with E-state index in [-0.39, 0.29) is 11.9 Å². The van der Waals surface area contributed by atoms with Crippen molar-refractivity contribution in [1.29, 1.82) is 0 Å². The Morgan fingerprint density at radius 1 is 0.969 bits per heavy atom. The third-order valence-electron chi connectivity index (χ3n) is 6.10. The molecule has 0 bridgehead atoms. The highest BCUT2D eigenvalue weighted by Gasteiger charge is 2.27. The van der Waals surface area contributed by atoms with E-state index in [2.05, 4.69) is 27.0 Å². The van der Waals surface area contributed by atoms with Crippen molar-refractivity contribution in [3.8, 4) is 21.6 Å². The van der Waals surface area contributed by atoms with E-state index in [0.717, 1.165) is 57.6 Å². The number of aromatic amines is 1. The number of hydrogen-bond acceptors (Lipinski definition) is 4. The summed E-state index contributed by atoms with van der Waals surface area (Å²) in [6.07, 6.45) is 3.81. The van der Waals surface area contributed by atoms with Crippen molar-refractivity contribution >= 4 is 22.9 Å². The third kappa shape index (κ3) is 4.36. The molecular weight excluding hydrogens is 443 g/mol. The van der Waals surface area contributed by atoms with Crippen LogP contribution in [0.25, 0.3) is 21.6 Å². The van der Waals surface area contributed by atoms with E-state index in [9.17, 15) is 4.39 Å². The van der Waals surface area contributed by atoms with E-state index in [1.165, 1.54) is 11.3 Å². The summed E-state index contributed by atoms with van der Waals surface area (Å²) in [5.41, 5.74) is 4.72. The van der Waals surface area contributed by atoms with Crippen molar-refractivity contribution in [2.24, 2.45) is 0 Å². The maximum absolute atomic E-state index is 14.9. The summed E-state index contributed by atoms with van der Waals surface area (Å²) >= 11 is 7.62. The van der Waals surface area contributed by atoms with Crippen LogP contribution in [-0.2, 0) is 0 Å². The van der Waals surface area contributed by atoms with Gasteiger partial charge < -0.3 is 4.90 Å². The molecule has 1 fully saturated rings. The maximum atomic E-state index is 14.9. The lowest BCUT2D eigenvalue weighted by Gasteiger charge is -2.38. The van der Waals surface area contributed by atoms with E-state index in [0.29, 0.717) is 5.56 Å². The number of nitrogens with zero attached hydrogens (tertiary/aromatic N) is 3. The van der Waals surface area contributed by atoms with E-state index < -0.39 is 0 Å². The predicted octanol–water partition coefficient (Wildman–Crippen LogP) is 5.93. The summed E-state index contributed by atoms with van der Waals surface area (Å²) in [5, 5.41) is 7.11. The number of hydrogen-bond donors (Lipinski definition) is 1. The van der Waals surface area contributed by atoms with Crippen molar-refractivity contribution in [1.82, 2.24) is 20.0 Å². The highest BCUT2D eigenvalue weighted by molar-refractivity contribution is 7.19. The van der Waals surface area contributed by atoms with Crippen LogP contribution in [0.1, 0.15) is 17.2 Å². The zero-order valence-corrected chi connectivity index (χ0v) is 19.3. The summed E-state index contributed by atoms with van der Waals surface area (Å²) in [6.45, 7) is 3.93. The number of H-pyrrole nitrogens is 1. The Kier molecular flexibility index (Phi) is 6.11. The Bertz CT molecular complexity index is 1180. The van der Waals surface area contributed by atoms with Crippen LogP contribution >= 0.6 is 22.9 Å². The molecule has 4 nitrogen and oxygen atoms in total. The Morgan fingerprint density at radius 2 is 1.72 bits per heavy atom. The Balaban J connectivity index is 1.49. The predicted molar refractivity (Wildman–Crippen MR) is 130 cm³/mol. The van der Waals surface area contributed by atoms with Gasteiger partial charge in [0.1, 0.15) is 5.82 Å². The molecule has 0 aliphatic carbocycles. The van der Waals surface area contributed by atoms with Crippen LogP contribution in [-0.4, -0.2) is 53.2 Å². The molecule has 4 aromatic rings. The highest BCUT2D eigenvalue weighted by atomic mass is 35.5. The highest BCUT2D eigenvalue weighted by Crippen LogP contribution is 2.35. The topological polar surface area (TPSA) is 35.2 Å². The van der Waals surface area contributed by atoms with Gasteiger partial charge in [-0.1, -0.05) is 41.9 Å². The SMILES string of the molecule is CN1CCN(C(c2cn[nH]c2)c2ccc(F)c(-c3ccc(-c4ccc(Cl)s4)cc3)c2)CC1. The van der Waals surface area contributed by atoms with Crippen LogP contribution < -0.4 is 0 Å². The Morgan fingerprint density at radius 3 is 2.38 bits per heavy atom. The fourth-order valence-electron chi connectivity index (χ4n) is 4.32. The number of thiophene rings is 1. The molecule has 7 heteroatoms. The average molecular weight is 467 g/mol. The van der Waals surface area contributed by atoms with Crippen molar-refractivity contribution in [2.75, 3.05) is 33.2 Å². The molecule has 1 aliphatic heterocycles. The molecule has 0 saturated carbocycles. The zero-order valence-electron chi connectivity index (χ0n) is 17.8. The van der Waals surface area contributed by atoms with Gasteiger partial charge in [-0.05, 0) is 48.0 Å². The smallest absolute Gasteiger partial charge is 0.131 e. The minimum Gasteiger partial charge on any atom is -0.304 e. The molecule has 1 atom stereocenters. The summed E-state index contributed by atoms with van der Waals surface area (Å²) < 4.78 is 15.7. The minimum atomic E-state index is -0.218. The lowest BCUT2D eigenvalue weighted by molar-refractivity contribution is 0.127. The fraction of sp³-hybridized carbons (Fsp3) is 0.240. The van der Waals surface area contributed by atoms with Crippen LogP contribution in [0.15, 0.2) is 67.0 Å². The molecule has 1 unspecified atom stereocenters. The number of nitrogens with one attached hydrogen (secondary N) is 1. The number of halogens is 2. The summed E-state index contributed by atoms with van der Waals surface area (Å²) in [5.74, 6) is -0.218. The minimum absolute atomic E-state index is 0.0364. The van der Waals surface area contributed by atoms with E-state index >= 15 is 0 Å². The first-order chi connectivity index (χ1) is 15.6. The van der Waals surface area contributed by atoms with Crippen molar-refractivity contribution in [2.45, 2.75) is 6.04 Å². The molecule has 3 heterocycles. The fourth-order valence-corrected chi connectivity index (χ4v) is 5.37. The molecule has 1 saturated heterocycles. The standard InChI is InChI=1S/C25H24ClFN4S/c1-30-10-12-31(13-11-30)25(20-15-28-29-16-20)19-6-7-22(27)21(14-19)17-2-4-18(5-3-17)23-8-9-24(26)32-23/h2-9,14-16,25H,10-13H2,1H3,(H,28,29). The van der Waals surface area contributed by atoms with Crippen LogP contribution in [0.2, 0.25) is 4.34 Å². The second-order valence-corrected chi connectivity index (χ2v) is 9.91. The van der Waals surface area contributed by atoms with Gasteiger partial charge >= 0.3 is 0 Å². The average Bonchev–Trinajstić information content (AvgIpc) is 3.49. The first-order valence-corrected chi connectivity index (χ1v) is 11.8. The van der Waals surface area contributed by atoms with Crippen molar-refractivity contribution in [3.63, 3.8) is 0 Å². The maximum Gasteiger partial charge on any atom is 0.131 e. The summed E-state index contributed by atoms with van der Waals surface area (Å²) in [7, 11) is 2.15. The van der Waals surface area contributed by atoms with Crippen molar-refractivity contribution in [3.05, 3.63) is 88.3 Å². The second kappa shape index (κ2) is 9.16. The zero-order chi connectivity index (χ0) is 22.1. The van der Waals surface area contributed by atoms with Crippen LogP contribution in [0, 0.1) is 5.82 Å². The van der Waals surface area contributed by atoms with Gasteiger partial charge in [-0.25, -0.2) is 4.39 Å². The van der Waals surface area contributed by atoms with Crippen LogP contribution in [0.5, 0.6) is 0 Å². The van der Waals surface area contributed by atoms with Gasteiger partial charge in [0.2, 0.25) is 0 Å². The van der Waals surface area contributed by atoms with Gasteiger partial charge in [0.15, 0.2) is 0 Å². The number of benzene rings is 2. The largest absolute Gasteiger partial charge is 0.304 e.